The van der Waals surface area contributed by atoms with Gasteiger partial charge in [-0.05, 0) is 34.2 Å². The van der Waals surface area contributed by atoms with Crippen LogP contribution in [-0.2, 0) is 0 Å². The lowest BCUT2D eigenvalue weighted by atomic mass is 10.0. The van der Waals surface area contributed by atoms with E-state index >= 15 is 0 Å². The van der Waals surface area contributed by atoms with Crippen LogP contribution in [0.1, 0.15) is 27.2 Å². The predicted molar refractivity (Wildman–Crippen MR) is 53.2 cm³/mol. The van der Waals surface area contributed by atoms with Crippen molar-refractivity contribution in [3.63, 3.8) is 0 Å². The van der Waals surface area contributed by atoms with Crippen molar-refractivity contribution in [2.24, 2.45) is 0 Å². The Labute approximate surface area is 75.9 Å². The first-order valence-corrected chi connectivity index (χ1v) is 4.36. The topological polar surface area (TPSA) is 23.5 Å². The van der Waals surface area contributed by atoms with Crippen LogP contribution in [0, 0.1) is 0 Å². The lowest BCUT2D eigenvalue weighted by Crippen LogP contribution is -2.44. The van der Waals surface area contributed by atoms with Gasteiger partial charge in [-0.2, -0.15) is 0 Å². The van der Waals surface area contributed by atoms with Crippen LogP contribution < -0.4 is 0 Å². The second-order valence-electron chi connectivity index (χ2n) is 4.10. The molecule has 0 aromatic heterocycles. The zero-order valence-corrected chi connectivity index (χ0v) is 8.72. The maximum absolute atomic E-state index is 9.07. The molecule has 0 aromatic rings. The van der Waals surface area contributed by atoms with E-state index in [1.54, 1.807) is 0 Å². The Morgan fingerprint density at radius 2 is 2.00 bits per heavy atom. The molecular weight excluding hydrogens is 150 g/mol. The number of aliphatic hydroxyl groups excluding tert-OH is 1. The second-order valence-corrected chi connectivity index (χ2v) is 4.10. The first-order valence-electron chi connectivity index (χ1n) is 4.36. The SMILES string of the molecule is C=C(C)CCN(C)C(C)(C)CO. The summed E-state index contributed by atoms with van der Waals surface area (Å²) in [5.74, 6) is 0. The van der Waals surface area contributed by atoms with Gasteiger partial charge < -0.3 is 5.11 Å². The average Bonchev–Trinajstić information content (AvgIpc) is 2.00. The Kier molecular flexibility index (Phi) is 4.50. The number of hydrogen-bond donors (Lipinski definition) is 1. The minimum Gasteiger partial charge on any atom is -0.394 e. The fraction of sp³-hybridized carbons (Fsp3) is 0.800. The van der Waals surface area contributed by atoms with Crippen molar-refractivity contribution < 1.29 is 5.11 Å². The van der Waals surface area contributed by atoms with E-state index in [9.17, 15) is 0 Å². The smallest absolute Gasteiger partial charge is 0.0609 e. The zero-order valence-electron chi connectivity index (χ0n) is 8.72. The van der Waals surface area contributed by atoms with Crippen LogP contribution in [0.25, 0.3) is 0 Å². The van der Waals surface area contributed by atoms with Crippen LogP contribution in [0.15, 0.2) is 12.2 Å². The monoisotopic (exact) mass is 171 g/mol. The Balaban J connectivity index is 3.86. The Morgan fingerprint density at radius 1 is 1.50 bits per heavy atom. The van der Waals surface area contributed by atoms with E-state index in [1.807, 2.05) is 27.8 Å². The minimum absolute atomic E-state index is 0.116. The van der Waals surface area contributed by atoms with Crippen LogP contribution in [0.4, 0.5) is 0 Å². The molecule has 0 amide bonds. The Hall–Kier alpha value is -0.340. The molecule has 0 spiro atoms. The fourth-order valence-corrected chi connectivity index (χ4v) is 0.782. The van der Waals surface area contributed by atoms with E-state index in [2.05, 4.69) is 11.5 Å². The zero-order chi connectivity index (χ0) is 9.78. The third-order valence-corrected chi connectivity index (χ3v) is 2.29. The van der Waals surface area contributed by atoms with Crippen LogP contribution >= 0.6 is 0 Å². The number of nitrogens with zero attached hydrogens (tertiary/aromatic N) is 1. The first kappa shape index (κ1) is 11.7. The molecule has 0 fully saturated rings. The van der Waals surface area contributed by atoms with Crippen molar-refractivity contribution in [2.45, 2.75) is 32.7 Å². The van der Waals surface area contributed by atoms with Gasteiger partial charge in [-0.1, -0.05) is 5.57 Å². The molecule has 0 saturated heterocycles. The van der Waals surface area contributed by atoms with E-state index in [-0.39, 0.29) is 12.1 Å². The quantitative estimate of drug-likeness (QED) is 0.636. The van der Waals surface area contributed by atoms with Crippen molar-refractivity contribution in [2.75, 3.05) is 20.2 Å². The molecule has 0 aliphatic rings. The molecule has 1 N–H and O–H groups in total. The molecule has 0 atom stereocenters. The average molecular weight is 171 g/mol. The number of aliphatic hydroxyl groups is 1. The molecule has 2 heteroatoms. The summed E-state index contributed by atoms with van der Waals surface area (Å²) < 4.78 is 0. The molecule has 0 saturated carbocycles. The normalized spacial score (nSPS) is 12.2. The summed E-state index contributed by atoms with van der Waals surface area (Å²) in [6.45, 7) is 11.1. The van der Waals surface area contributed by atoms with Gasteiger partial charge in [0, 0.05) is 12.1 Å². The van der Waals surface area contributed by atoms with E-state index < -0.39 is 0 Å². The molecule has 0 bridgehead atoms. The second kappa shape index (κ2) is 4.63. The number of likely N-dealkylation sites (N-methyl/N-ethyl adjacent to an activating group) is 1. The van der Waals surface area contributed by atoms with Gasteiger partial charge in [-0.3, -0.25) is 4.90 Å². The van der Waals surface area contributed by atoms with Crippen LogP contribution in [0.3, 0.4) is 0 Å². The standard InChI is InChI=1S/C10H21NO/c1-9(2)6-7-11(5)10(3,4)8-12/h12H,1,6-8H2,2-5H3. The molecule has 0 aromatic carbocycles. The third kappa shape index (κ3) is 3.88. The highest BCUT2D eigenvalue weighted by Gasteiger charge is 2.21. The van der Waals surface area contributed by atoms with Crippen LogP contribution in [0.5, 0.6) is 0 Å². The highest BCUT2D eigenvalue weighted by molar-refractivity contribution is 4.90. The van der Waals surface area contributed by atoms with Gasteiger partial charge in [-0.25, -0.2) is 0 Å². The molecule has 2 nitrogen and oxygen atoms in total. The Bertz CT molecular complexity index is 152. The summed E-state index contributed by atoms with van der Waals surface area (Å²) in [7, 11) is 2.03. The summed E-state index contributed by atoms with van der Waals surface area (Å²) in [6, 6.07) is 0. The minimum atomic E-state index is -0.116. The van der Waals surface area contributed by atoms with Crippen LogP contribution in [-0.4, -0.2) is 35.7 Å². The van der Waals surface area contributed by atoms with E-state index in [0.717, 1.165) is 13.0 Å². The van der Waals surface area contributed by atoms with Crippen molar-refractivity contribution in [1.29, 1.82) is 0 Å². The number of hydrogen-bond acceptors (Lipinski definition) is 2. The lowest BCUT2D eigenvalue weighted by Gasteiger charge is -2.33. The van der Waals surface area contributed by atoms with Gasteiger partial charge in [0.15, 0.2) is 0 Å². The third-order valence-electron chi connectivity index (χ3n) is 2.29. The predicted octanol–water partition coefficient (Wildman–Crippen LogP) is 1.66. The molecule has 72 valence electrons. The first-order chi connectivity index (χ1) is 5.40. The highest BCUT2D eigenvalue weighted by Crippen LogP contribution is 2.12. The summed E-state index contributed by atoms with van der Waals surface area (Å²) in [6.07, 6.45) is 1.000. The molecule has 0 aliphatic carbocycles. The van der Waals surface area contributed by atoms with Crippen molar-refractivity contribution in [3.05, 3.63) is 12.2 Å². The van der Waals surface area contributed by atoms with Crippen molar-refractivity contribution in [3.8, 4) is 0 Å². The largest absolute Gasteiger partial charge is 0.394 e. The molecule has 12 heavy (non-hydrogen) atoms. The van der Waals surface area contributed by atoms with Gasteiger partial charge in [0.2, 0.25) is 0 Å². The van der Waals surface area contributed by atoms with Gasteiger partial charge >= 0.3 is 0 Å². The summed E-state index contributed by atoms with van der Waals surface area (Å²) in [5.41, 5.74) is 1.07. The van der Waals surface area contributed by atoms with Gasteiger partial charge in [0.05, 0.1) is 6.61 Å². The molecule has 0 heterocycles. The number of rotatable bonds is 5. The summed E-state index contributed by atoms with van der Waals surface area (Å²) in [4.78, 5) is 2.15. The summed E-state index contributed by atoms with van der Waals surface area (Å²) >= 11 is 0. The maximum Gasteiger partial charge on any atom is 0.0609 e. The van der Waals surface area contributed by atoms with Crippen LogP contribution in [0.2, 0.25) is 0 Å². The van der Waals surface area contributed by atoms with Crippen molar-refractivity contribution >= 4 is 0 Å². The molecule has 0 rings (SSSR count). The van der Waals surface area contributed by atoms with Gasteiger partial charge in [0.25, 0.3) is 0 Å². The highest BCUT2D eigenvalue weighted by atomic mass is 16.3. The molecule has 0 radical (unpaired) electrons. The molecular formula is C10H21NO. The molecule has 0 aliphatic heterocycles. The van der Waals surface area contributed by atoms with E-state index in [0.29, 0.717) is 0 Å². The van der Waals surface area contributed by atoms with E-state index in [1.165, 1.54) is 5.57 Å². The lowest BCUT2D eigenvalue weighted by molar-refractivity contribution is 0.0801. The van der Waals surface area contributed by atoms with Gasteiger partial charge in [0.1, 0.15) is 0 Å². The van der Waals surface area contributed by atoms with Gasteiger partial charge in [-0.15, -0.1) is 6.58 Å². The molecule has 0 unspecified atom stereocenters. The Morgan fingerprint density at radius 3 is 2.33 bits per heavy atom. The summed E-state index contributed by atoms with van der Waals surface area (Å²) in [5, 5.41) is 9.07. The van der Waals surface area contributed by atoms with E-state index in [4.69, 9.17) is 5.11 Å². The fourth-order valence-electron chi connectivity index (χ4n) is 0.782. The maximum atomic E-state index is 9.07. The van der Waals surface area contributed by atoms with Crippen molar-refractivity contribution in [1.82, 2.24) is 4.90 Å².